The zero-order valence-corrected chi connectivity index (χ0v) is 25.1. The summed E-state index contributed by atoms with van der Waals surface area (Å²) >= 11 is 0. The number of rotatable bonds is 7. The Balaban J connectivity index is 0.000000383. The molecule has 8 atom stereocenters. The van der Waals surface area contributed by atoms with Crippen molar-refractivity contribution in [3.8, 4) is 0 Å². The van der Waals surface area contributed by atoms with Gasteiger partial charge in [0.25, 0.3) is 0 Å². The number of hydrogen-bond acceptors (Lipinski definition) is 7. The second kappa shape index (κ2) is 11.4. The van der Waals surface area contributed by atoms with E-state index in [1.54, 1.807) is 5.57 Å². The normalized spacial score (nSPS) is 38.1. The number of aliphatic hydroxyl groups excluding tert-OH is 1. The van der Waals surface area contributed by atoms with Crippen LogP contribution in [0.4, 0.5) is 0 Å². The molecule has 4 N–H and O–H groups in total. The topological polar surface area (TPSA) is 158 Å². The van der Waals surface area contributed by atoms with E-state index in [0.29, 0.717) is 10.8 Å². The minimum atomic E-state index is -5.12. The Morgan fingerprint density at radius 1 is 1.03 bits per heavy atom. The van der Waals surface area contributed by atoms with Gasteiger partial charge in [0.2, 0.25) is 0 Å². The summed E-state index contributed by atoms with van der Waals surface area (Å²) in [7, 11) is -10.2. The minimum Gasteiger partial charge on any atom is -0.393 e. The van der Waals surface area contributed by atoms with Crippen LogP contribution < -0.4 is 0 Å². The molecule has 4 rings (SSSR count). The van der Waals surface area contributed by atoms with E-state index in [2.05, 4.69) is 30.5 Å². The fourth-order valence-electron chi connectivity index (χ4n) is 8.78. The Labute approximate surface area is 229 Å². The van der Waals surface area contributed by atoms with Crippen molar-refractivity contribution in [2.45, 2.75) is 117 Å². The summed E-state index contributed by atoms with van der Waals surface area (Å²) in [5.74, 6) is 4.24. The molecular formula is C27H48O9S2. The fourth-order valence-corrected chi connectivity index (χ4v) is 9.65. The van der Waals surface area contributed by atoms with E-state index in [4.69, 9.17) is 9.11 Å². The summed E-state index contributed by atoms with van der Waals surface area (Å²) in [5, 5.41) is 20.3. The van der Waals surface area contributed by atoms with E-state index < -0.39 is 26.4 Å². The molecule has 0 bridgehead atoms. The molecule has 4 aliphatic carbocycles. The van der Waals surface area contributed by atoms with Gasteiger partial charge in [-0.1, -0.05) is 45.3 Å². The SMILES string of the molecule is C[C@H](CCCC(C)(C)O)[C@H]1CC[C@H]2[C@@H]3CC=C4C[C@@H](O)CC[C@]4(C)[C@H]3CC[C@]12C.O=S(=O)(O)OS(=O)(=O)O. The Morgan fingerprint density at radius 2 is 1.66 bits per heavy atom. The summed E-state index contributed by atoms with van der Waals surface area (Å²) in [6.07, 6.45) is 15.9. The highest BCUT2D eigenvalue weighted by Crippen LogP contribution is 2.67. The summed E-state index contributed by atoms with van der Waals surface area (Å²) in [6.45, 7) is 11.6. The first-order chi connectivity index (χ1) is 17.3. The van der Waals surface area contributed by atoms with E-state index >= 15 is 0 Å². The van der Waals surface area contributed by atoms with Crippen LogP contribution in [0, 0.1) is 40.4 Å². The molecule has 0 heterocycles. The highest BCUT2D eigenvalue weighted by atomic mass is 32.3. The van der Waals surface area contributed by atoms with Crippen LogP contribution in [0.2, 0.25) is 0 Å². The maximum absolute atomic E-state index is 10.2. The van der Waals surface area contributed by atoms with Gasteiger partial charge in [-0.15, -0.1) is 3.63 Å². The largest absolute Gasteiger partial charge is 0.413 e. The summed E-state index contributed by atoms with van der Waals surface area (Å²) in [6, 6.07) is 0. The third-order valence-electron chi connectivity index (χ3n) is 10.5. The lowest BCUT2D eigenvalue weighted by molar-refractivity contribution is -0.0575. The van der Waals surface area contributed by atoms with E-state index in [9.17, 15) is 27.0 Å². The third kappa shape index (κ3) is 7.59. The lowest BCUT2D eigenvalue weighted by Crippen LogP contribution is -2.50. The molecule has 9 nitrogen and oxygen atoms in total. The maximum Gasteiger partial charge on any atom is 0.413 e. The van der Waals surface area contributed by atoms with Crippen molar-refractivity contribution in [2.75, 3.05) is 0 Å². The number of hydrogen-bond donors (Lipinski definition) is 4. The minimum absolute atomic E-state index is 0.0969. The Hall–Kier alpha value is -0.560. The Morgan fingerprint density at radius 3 is 2.21 bits per heavy atom. The second-order valence-corrected chi connectivity index (χ2v) is 15.7. The van der Waals surface area contributed by atoms with E-state index in [-0.39, 0.29) is 6.10 Å². The monoisotopic (exact) mass is 580 g/mol. The van der Waals surface area contributed by atoms with E-state index in [1.165, 1.54) is 44.9 Å². The quantitative estimate of drug-likeness (QED) is 0.237. The van der Waals surface area contributed by atoms with Crippen LogP contribution in [0.15, 0.2) is 11.6 Å². The highest BCUT2D eigenvalue weighted by Gasteiger charge is 2.59. The van der Waals surface area contributed by atoms with Gasteiger partial charge in [0.15, 0.2) is 0 Å². The van der Waals surface area contributed by atoms with Gasteiger partial charge in [-0.25, -0.2) is 0 Å². The molecule has 3 saturated carbocycles. The predicted octanol–water partition coefficient (Wildman–Crippen LogP) is 5.11. The third-order valence-corrected chi connectivity index (χ3v) is 11.8. The molecule has 0 aromatic carbocycles. The number of aliphatic hydroxyl groups is 2. The van der Waals surface area contributed by atoms with Crippen molar-refractivity contribution in [3.63, 3.8) is 0 Å². The molecule has 0 amide bonds. The zero-order valence-electron chi connectivity index (χ0n) is 23.5. The predicted molar refractivity (Wildman–Crippen MR) is 145 cm³/mol. The van der Waals surface area contributed by atoms with Gasteiger partial charge in [-0.05, 0) is 112 Å². The first-order valence-electron chi connectivity index (χ1n) is 14.0. The molecule has 0 spiro atoms. The van der Waals surface area contributed by atoms with Gasteiger partial charge in [0.05, 0.1) is 11.7 Å². The maximum atomic E-state index is 10.2. The van der Waals surface area contributed by atoms with Gasteiger partial charge in [-0.2, -0.15) is 16.8 Å². The van der Waals surface area contributed by atoms with Gasteiger partial charge in [0.1, 0.15) is 0 Å². The highest BCUT2D eigenvalue weighted by molar-refractivity contribution is 7.94. The molecule has 222 valence electrons. The smallest absolute Gasteiger partial charge is 0.393 e. The summed E-state index contributed by atoms with van der Waals surface area (Å²) in [4.78, 5) is 0. The second-order valence-electron chi connectivity index (χ2n) is 13.5. The molecule has 11 heteroatoms. The van der Waals surface area contributed by atoms with Crippen LogP contribution in [0.25, 0.3) is 0 Å². The number of allylic oxidation sites excluding steroid dienone is 1. The fraction of sp³-hybridized carbons (Fsp3) is 0.926. The van der Waals surface area contributed by atoms with Crippen molar-refractivity contribution in [1.29, 1.82) is 0 Å². The van der Waals surface area contributed by atoms with Crippen LogP contribution in [-0.2, 0) is 24.4 Å². The first-order valence-corrected chi connectivity index (χ1v) is 16.7. The molecule has 0 aromatic heterocycles. The van der Waals surface area contributed by atoms with Crippen LogP contribution >= 0.6 is 0 Å². The van der Waals surface area contributed by atoms with Gasteiger partial charge >= 0.3 is 20.8 Å². The van der Waals surface area contributed by atoms with Gasteiger partial charge in [0, 0.05) is 0 Å². The summed E-state index contributed by atoms with van der Waals surface area (Å²) < 4.78 is 55.6. The standard InChI is InChI=1S/C27H46O2.H2O7S2/c1-18(7-6-14-25(2,3)29)22-10-11-23-21-9-8-19-17-20(28)12-15-26(19,4)24(21)13-16-27(22,23)5;1-8(2,3)7-9(4,5)6/h8,18,20-24,28-29H,6-7,9-17H2,1-5H3;(H,1,2,3)(H,4,5,6)/t18-,20+,21+,22-,23+,24+,26+,27-;/m1./s1. The van der Waals surface area contributed by atoms with Gasteiger partial charge in [-0.3, -0.25) is 9.11 Å². The summed E-state index contributed by atoms with van der Waals surface area (Å²) in [5.41, 5.74) is 1.95. The van der Waals surface area contributed by atoms with Crippen molar-refractivity contribution >= 4 is 20.8 Å². The molecule has 0 radical (unpaired) electrons. The molecule has 0 unspecified atom stereocenters. The lowest BCUT2D eigenvalue weighted by atomic mass is 9.47. The van der Waals surface area contributed by atoms with Crippen LogP contribution in [0.5, 0.6) is 0 Å². The van der Waals surface area contributed by atoms with Crippen molar-refractivity contribution in [2.24, 2.45) is 40.4 Å². The average molecular weight is 581 g/mol. The lowest BCUT2D eigenvalue weighted by Gasteiger charge is -2.58. The molecule has 4 aliphatic rings. The van der Waals surface area contributed by atoms with E-state index in [1.807, 2.05) is 13.8 Å². The molecule has 38 heavy (non-hydrogen) atoms. The Bertz CT molecular complexity index is 1050. The van der Waals surface area contributed by atoms with Crippen LogP contribution in [-0.4, -0.2) is 47.9 Å². The van der Waals surface area contributed by atoms with Crippen LogP contribution in [0.3, 0.4) is 0 Å². The molecular weight excluding hydrogens is 532 g/mol. The van der Waals surface area contributed by atoms with Crippen molar-refractivity contribution in [1.82, 2.24) is 0 Å². The zero-order chi connectivity index (χ0) is 28.7. The first kappa shape index (κ1) is 32.0. The van der Waals surface area contributed by atoms with Crippen molar-refractivity contribution < 1.29 is 39.8 Å². The number of fused-ring (bicyclic) bond motifs is 5. The van der Waals surface area contributed by atoms with E-state index in [0.717, 1.165) is 55.3 Å². The molecule has 0 saturated heterocycles. The molecule has 3 fully saturated rings. The van der Waals surface area contributed by atoms with Crippen LogP contribution in [0.1, 0.15) is 105 Å². The Kier molecular flexibility index (Phi) is 9.56. The van der Waals surface area contributed by atoms with Gasteiger partial charge < -0.3 is 10.2 Å². The average Bonchev–Trinajstić information content (AvgIpc) is 3.08. The van der Waals surface area contributed by atoms with Crippen molar-refractivity contribution in [3.05, 3.63) is 11.6 Å². The molecule has 0 aromatic rings. The molecule has 0 aliphatic heterocycles.